The molecule has 0 aliphatic rings. The molecule has 3 rings (SSSR count). The van der Waals surface area contributed by atoms with E-state index in [1.165, 1.54) is 12.1 Å². The van der Waals surface area contributed by atoms with Gasteiger partial charge in [0, 0.05) is 6.42 Å². The lowest BCUT2D eigenvalue weighted by Crippen LogP contribution is -2.23. The van der Waals surface area contributed by atoms with E-state index in [0.29, 0.717) is 12.2 Å². The molecule has 25 heavy (non-hydrogen) atoms. The summed E-state index contributed by atoms with van der Waals surface area (Å²) in [5, 5.41) is 6.67. The molecule has 0 amide bonds. The summed E-state index contributed by atoms with van der Waals surface area (Å²) in [4.78, 5) is 4.19. The maximum absolute atomic E-state index is 13.2. The van der Waals surface area contributed by atoms with Crippen molar-refractivity contribution in [3.8, 4) is 0 Å². The topological polar surface area (TPSA) is 50.8 Å². The zero-order valence-electron chi connectivity index (χ0n) is 13.2. The van der Waals surface area contributed by atoms with E-state index < -0.39 is 12.3 Å². The van der Waals surface area contributed by atoms with E-state index in [1.54, 1.807) is 18.2 Å². The van der Waals surface area contributed by atoms with Gasteiger partial charge in [0.15, 0.2) is 11.9 Å². The molecule has 7 heteroatoms. The maximum Gasteiger partial charge on any atom is 0.418 e. The van der Waals surface area contributed by atoms with E-state index in [1.807, 2.05) is 30.3 Å². The monoisotopic (exact) mass is 347 g/mol. The number of hydrogen-bond acceptors (Lipinski definition) is 3. The first-order valence-corrected chi connectivity index (χ1v) is 7.70. The van der Waals surface area contributed by atoms with Gasteiger partial charge in [-0.3, -0.25) is 5.10 Å². The molecule has 1 N–H and O–H groups in total. The van der Waals surface area contributed by atoms with E-state index in [2.05, 4.69) is 15.2 Å². The number of aromatic amines is 1. The molecule has 0 aliphatic carbocycles. The van der Waals surface area contributed by atoms with Crippen molar-refractivity contribution in [3.63, 3.8) is 0 Å². The second-order valence-corrected chi connectivity index (χ2v) is 5.50. The lowest BCUT2D eigenvalue weighted by atomic mass is 10.1. The third-order valence-electron chi connectivity index (χ3n) is 3.57. The minimum Gasteiger partial charge on any atom is -0.356 e. The van der Waals surface area contributed by atoms with E-state index in [4.69, 9.17) is 4.74 Å². The largest absolute Gasteiger partial charge is 0.418 e. The fourth-order valence-corrected chi connectivity index (χ4v) is 2.43. The van der Waals surface area contributed by atoms with Crippen molar-refractivity contribution in [1.29, 1.82) is 0 Å². The molecule has 0 radical (unpaired) electrons. The Bertz CT molecular complexity index is 788. The molecule has 0 unspecified atom stereocenters. The molecule has 1 heterocycles. The van der Waals surface area contributed by atoms with E-state index in [9.17, 15) is 13.2 Å². The Morgan fingerprint density at radius 1 is 0.960 bits per heavy atom. The van der Waals surface area contributed by atoms with Crippen molar-refractivity contribution < 1.29 is 17.9 Å². The lowest BCUT2D eigenvalue weighted by molar-refractivity contribution is -0.227. The average Bonchev–Trinajstić information content (AvgIpc) is 3.03. The fraction of sp³-hybridized carbons (Fsp3) is 0.222. The first-order valence-electron chi connectivity index (χ1n) is 7.70. The third kappa shape index (κ3) is 4.67. The molecule has 0 aliphatic heterocycles. The van der Waals surface area contributed by atoms with Crippen LogP contribution in [0.1, 0.15) is 28.9 Å². The highest BCUT2D eigenvalue weighted by atomic mass is 19.4. The summed E-state index contributed by atoms with van der Waals surface area (Å²) >= 11 is 0. The predicted octanol–water partition coefficient (Wildman–Crippen LogP) is 4.22. The molecule has 0 fully saturated rings. The van der Waals surface area contributed by atoms with Gasteiger partial charge in [0.05, 0.1) is 0 Å². The van der Waals surface area contributed by atoms with E-state index >= 15 is 0 Å². The number of aromatic nitrogens is 3. The van der Waals surface area contributed by atoms with Crippen LogP contribution >= 0.6 is 0 Å². The molecule has 1 aromatic heterocycles. The van der Waals surface area contributed by atoms with Crippen molar-refractivity contribution in [3.05, 3.63) is 83.4 Å². The Morgan fingerprint density at radius 3 is 2.24 bits per heavy atom. The molecule has 3 aromatic rings. The molecule has 130 valence electrons. The van der Waals surface area contributed by atoms with Gasteiger partial charge < -0.3 is 4.74 Å². The maximum atomic E-state index is 13.2. The molecule has 2 aromatic carbocycles. The van der Waals surface area contributed by atoms with Crippen molar-refractivity contribution in [2.24, 2.45) is 0 Å². The Kier molecular flexibility index (Phi) is 5.14. The number of halogens is 3. The molecule has 4 nitrogen and oxygen atoms in total. The Hall–Kier alpha value is -2.67. The van der Waals surface area contributed by atoms with Crippen molar-refractivity contribution >= 4 is 0 Å². The Labute approximate surface area is 142 Å². The minimum atomic E-state index is -4.51. The number of alkyl halides is 3. The lowest BCUT2D eigenvalue weighted by Gasteiger charge is -2.20. The quantitative estimate of drug-likeness (QED) is 0.726. The number of nitrogens with zero attached hydrogens (tertiary/aromatic N) is 2. The summed E-state index contributed by atoms with van der Waals surface area (Å²) in [5.74, 6) is 0.768. The van der Waals surface area contributed by atoms with Crippen molar-refractivity contribution in [2.45, 2.75) is 25.3 Å². The molecular formula is C18H16F3N3O. The van der Waals surface area contributed by atoms with Crippen LogP contribution in [-0.2, 0) is 17.8 Å². The van der Waals surface area contributed by atoms with Gasteiger partial charge in [-0.1, -0.05) is 60.7 Å². The van der Waals surface area contributed by atoms with Gasteiger partial charge >= 0.3 is 6.18 Å². The van der Waals surface area contributed by atoms with Crippen LogP contribution in [0.25, 0.3) is 0 Å². The molecule has 1 atom stereocenters. The molecule has 0 spiro atoms. The van der Waals surface area contributed by atoms with Crippen molar-refractivity contribution in [2.75, 3.05) is 0 Å². The number of ether oxygens (including phenoxy) is 1. The number of hydrogen-bond donors (Lipinski definition) is 1. The van der Waals surface area contributed by atoms with E-state index in [0.717, 1.165) is 5.56 Å². The van der Waals surface area contributed by atoms with Crippen molar-refractivity contribution in [1.82, 2.24) is 15.2 Å². The highest BCUT2D eigenvalue weighted by molar-refractivity contribution is 5.20. The van der Waals surface area contributed by atoms with Crippen LogP contribution in [-0.4, -0.2) is 21.4 Å². The highest BCUT2D eigenvalue weighted by Gasteiger charge is 2.42. The number of benzene rings is 2. The zero-order chi connectivity index (χ0) is 17.7. The highest BCUT2D eigenvalue weighted by Crippen LogP contribution is 2.36. The third-order valence-corrected chi connectivity index (χ3v) is 3.57. The second-order valence-electron chi connectivity index (χ2n) is 5.50. The fourth-order valence-electron chi connectivity index (χ4n) is 2.43. The molecule has 0 saturated heterocycles. The van der Waals surface area contributed by atoms with Crippen LogP contribution in [0.15, 0.2) is 60.7 Å². The summed E-state index contributed by atoms with van der Waals surface area (Å²) in [6.07, 6.45) is -6.00. The first-order chi connectivity index (χ1) is 12.0. The average molecular weight is 347 g/mol. The van der Waals surface area contributed by atoms with Gasteiger partial charge in [-0.2, -0.15) is 18.3 Å². The second kappa shape index (κ2) is 7.48. The number of rotatable bonds is 6. The standard InChI is InChI=1S/C18H16F3N3O/c19-18(20,21)17(14-9-5-2-6-10-14)25-12-16-22-15(23-24-16)11-13-7-3-1-4-8-13/h1-10,17H,11-12H2,(H,22,23,24)/t17-/m1/s1. The number of nitrogens with one attached hydrogen (secondary N) is 1. The smallest absolute Gasteiger partial charge is 0.356 e. The summed E-state index contributed by atoms with van der Waals surface area (Å²) < 4.78 is 44.8. The first kappa shape index (κ1) is 17.2. The van der Waals surface area contributed by atoms with E-state index in [-0.39, 0.29) is 18.0 Å². The van der Waals surface area contributed by atoms with Crippen LogP contribution < -0.4 is 0 Å². The van der Waals surface area contributed by atoms with Gasteiger partial charge in [0.1, 0.15) is 12.4 Å². The zero-order valence-corrected chi connectivity index (χ0v) is 13.2. The molecule has 0 saturated carbocycles. The Morgan fingerprint density at radius 2 is 1.60 bits per heavy atom. The summed E-state index contributed by atoms with van der Waals surface area (Å²) in [7, 11) is 0. The predicted molar refractivity (Wildman–Crippen MR) is 85.7 cm³/mol. The Balaban J connectivity index is 1.66. The summed E-state index contributed by atoms with van der Waals surface area (Å²) in [6, 6.07) is 17.1. The van der Waals surface area contributed by atoms with Gasteiger partial charge in [-0.05, 0) is 11.1 Å². The van der Waals surface area contributed by atoms with Crippen LogP contribution in [0.3, 0.4) is 0 Å². The van der Waals surface area contributed by atoms with Gasteiger partial charge in [-0.15, -0.1) is 0 Å². The van der Waals surface area contributed by atoms with Crippen LogP contribution in [0.4, 0.5) is 13.2 Å². The summed E-state index contributed by atoms with van der Waals surface area (Å²) in [6.45, 7) is -0.329. The van der Waals surface area contributed by atoms with Gasteiger partial charge in [-0.25, -0.2) is 4.98 Å². The normalized spacial score (nSPS) is 12.9. The van der Waals surface area contributed by atoms with Gasteiger partial charge in [0.2, 0.25) is 0 Å². The summed E-state index contributed by atoms with van der Waals surface area (Å²) in [5.41, 5.74) is 1.08. The van der Waals surface area contributed by atoms with Crippen LogP contribution in [0.5, 0.6) is 0 Å². The van der Waals surface area contributed by atoms with Crippen LogP contribution in [0, 0.1) is 0 Å². The van der Waals surface area contributed by atoms with Gasteiger partial charge in [0.25, 0.3) is 0 Å². The SMILES string of the molecule is FC(F)(F)[C@H](OCc1n[nH]c(Cc2ccccc2)n1)c1ccccc1. The number of H-pyrrole nitrogens is 1. The van der Waals surface area contributed by atoms with Crippen LogP contribution in [0.2, 0.25) is 0 Å². The minimum absolute atomic E-state index is 0.0510. The molecule has 0 bridgehead atoms. The molecular weight excluding hydrogens is 331 g/mol.